The van der Waals surface area contributed by atoms with Crippen molar-refractivity contribution >= 4 is 5.91 Å². The Morgan fingerprint density at radius 2 is 2.04 bits per heavy atom. The Bertz CT molecular complexity index is 733. The van der Waals surface area contributed by atoms with Gasteiger partial charge in [0.1, 0.15) is 0 Å². The molecule has 2 aromatic rings. The van der Waals surface area contributed by atoms with Crippen LogP contribution in [0, 0.1) is 5.82 Å². The molecule has 0 saturated heterocycles. The Morgan fingerprint density at radius 1 is 1.30 bits per heavy atom. The van der Waals surface area contributed by atoms with Gasteiger partial charge in [-0.15, -0.1) is 0 Å². The van der Waals surface area contributed by atoms with Crippen molar-refractivity contribution in [3.63, 3.8) is 0 Å². The standard InChI is InChI=1S/C18H19FN2O2/c1-23-17-7-6-12(8-15(17)19)10-21-11-14-5-3-2-4-13(14)9-16(21)18(20)22/h2-8,16H,9-11H2,1H3,(H2,20,22)/t16-/m1/s1. The second kappa shape index (κ2) is 6.38. The van der Waals surface area contributed by atoms with Gasteiger partial charge in [-0.05, 0) is 35.2 Å². The Balaban J connectivity index is 1.85. The van der Waals surface area contributed by atoms with Crippen LogP contribution < -0.4 is 10.5 Å². The van der Waals surface area contributed by atoms with Gasteiger partial charge in [0, 0.05) is 13.1 Å². The minimum absolute atomic E-state index is 0.212. The van der Waals surface area contributed by atoms with E-state index in [2.05, 4.69) is 0 Å². The van der Waals surface area contributed by atoms with Crippen molar-refractivity contribution in [2.75, 3.05) is 7.11 Å². The summed E-state index contributed by atoms with van der Waals surface area (Å²) >= 11 is 0. The topological polar surface area (TPSA) is 55.6 Å². The summed E-state index contributed by atoms with van der Waals surface area (Å²) < 4.78 is 18.8. The molecule has 4 nitrogen and oxygen atoms in total. The SMILES string of the molecule is COc1ccc(CN2Cc3ccccc3C[C@@H]2C(N)=O)cc1F. The van der Waals surface area contributed by atoms with Crippen LogP contribution in [0.1, 0.15) is 16.7 Å². The average molecular weight is 314 g/mol. The van der Waals surface area contributed by atoms with Crippen LogP contribution in [0.15, 0.2) is 42.5 Å². The van der Waals surface area contributed by atoms with E-state index in [1.54, 1.807) is 12.1 Å². The lowest BCUT2D eigenvalue weighted by molar-refractivity contribution is -0.124. The van der Waals surface area contributed by atoms with Gasteiger partial charge >= 0.3 is 0 Å². The van der Waals surface area contributed by atoms with Crippen LogP contribution in [0.4, 0.5) is 4.39 Å². The quantitative estimate of drug-likeness (QED) is 0.942. The molecule has 0 aliphatic carbocycles. The zero-order chi connectivity index (χ0) is 16.4. The van der Waals surface area contributed by atoms with E-state index in [1.807, 2.05) is 29.2 Å². The maximum Gasteiger partial charge on any atom is 0.235 e. The fraction of sp³-hybridized carbons (Fsp3) is 0.278. The van der Waals surface area contributed by atoms with E-state index >= 15 is 0 Å². The fourth-order valence-corrected chi connectivity index (χ4v) is 3.07. The molecule has 0 saturated carbocycles. The van der Waals surface area contributed by atoms with Crippen LogP contribution in [-0.2, 0) is 24.3 Å². The van der Waals surface area contributed by atoms with Crippen LogP contribution in [0.3, 0.4) is 0 Å². The third-order valence-electron chi connectivity index (χ3n) is 4.28. The number of hydrogen-bond donors (Lipinski definition) is 1. The molecule has 120 valence electrons. The highest BCUT2D eigenvalue weighted by Crippen LogP contribution is 2.26. The fourth-order valence-electron chi connectivity index (χ4n) is 3.07. The average Bonchev–Trinajstić information content (AvgIpc) is 2.54. The van der Waals surface area contributed by atoms with Gasteiger partial charge in [0.05, 0.1) is 13.2 Å². The molecule has 0 unspecified atom stereocenters. The van der Waals surface area contributed by atoms with Gasteiger partial charge in [-0.3, -0.25) is 9.69 Å². The molecule has 0 aromatic heterocycles. The van der Waals surface area contributed by atoms with Crippen LogP contribution in [0.5, 0.6) is 5.75 Å². The van der Waals surface area contributed by atoms with Crippen molar-refractivity contribution in [2.24, 2.45) is 5.73 Å². The van der Waals surface area contributed by atoms with E-state index in [4.69, 9.17) is 10.5 Å². The molecule has 1 atom stereocenters. The van der Waals surface area contributed by atoms with Gasteiger partial charge < -0.3 is 10.5 Å². The highest BCUT2D eigenvalue weighted by molar-refractivity contribution is 5.80. The van der Waals surface area contributed by atoms with Crippen LogP contribution in [-0.4, -0.2) is 24.0 Å². The van der Waals surface area contributed by atoms with Crippen molar-refractivity contribution in [2.45, 2.75) is 25.6 Å². The lowest BCUT2D eigenvalue weighted by atomic mass is 9.93. The lowest BCUT2D eigenvalue weighted by Gasteiger charge is -2.35. The summed E-state index contributed by atoms with van der Waals surface area (Å²) in [7, 11) is 1.43. The van der Waals surface area contributed by atoms with Crippen LogP contribution in [0.25, 0.3) is 0 Å². The lowest BCUT2D eigenvalue weighted by Crippen LogP contribution is -2.48. The second-order valence-corrected chi connectivity index (χ2v) is 5.76. The number of hydrogen-bond acceptors (Lipinski definition) is 3. The molecule has 1 aliphatic rings. The maximum atomic E-state index is 13.9. The number of primary amides is 1. The molecule has 5 heteroatoms. The smallest absolute Gasteiger partial charge is 0.235 e. The largest absolute Gasteiger partial charge is 0.494 e. The van der Waals surface area contributed by atoms with E-state index in [1.165, 1.54) is 18.7 Å². The first kappa shape index (κ1) is 15.5. The number of nitrogens with two attached hydrogens (primary N) is 1. The molecule has 1 amide bonds. The molecule has 1 heterocycles. The summed E-state index contributed by atoms with van der Waals surface area (Å²) in [5.41, 5.74) is 8.68. The van der Waals surface area contributed by atoms with Gasteiger partial charge in [-0.1, -0.05) is 30.3 Å². The molecule has 0 bridgehead atoms. The zero-order valence-electron chi connectivity index (χ0n) is 13.0. The summed E-state index contributed by atoms with van der Waals surface area (Å²) in [6.07, 6.45) is 0.587. The van der Waals surface area contributed by atoms with Crippen molar-refractivity contribution < 1.29 is 13.9 Å². The molecular formula is C18H19FN2O2. The van der Waals surface area contributed by atoms with Gasteiger partial charge in [-0.2, -0.15) is 0 Å². The zero-order valence-corrected chi connectivity index (χ0v) is 13.0. The summed E-state index contributed by atoms with van der Waals surface area (Å²) in [6.45, 7) is 1.08. The minimum Gasteiger partial charge on any atom is -0.494 e. The number of methoxy groups -OCH3 is 1. The molecule has 2 aromatic carbocycles. The monoisotopic (exact) mass is 314 g/mol. The van der Waals surface area contributed by atoms with Gasteiger partial charge in [0.2, 0.25) is 5.91 Å². The van der Waals surface area contributed by atoms with Gasteiger partial charge in [0.15, 0.2) is 11.6 Å². The molecular weight excluding hydrogens is 295 g/mol. The number of rotatable bonds is 4. The Kier molecular flexibility index (Phi) is 4.30. The number of nitrogens with zero attached hydrogens (tertiary/aromatic N) is 1. The molecule has 1 aliphatic heterocycles. The predicted molar refractivity (Wildman–Crippen MR) is 85.3 cm³/mol. The Hall–Kier alpha value is -2.40. The van der Waals surface area contributed by atoms with E-state index in [-0.39, 0.29) is 17.7 Å². The van der Waals surface area contributed by atoms with E-state index in [0.717, 1.165) is 11.1 Å². The first-order valence-corrected chi connectivity index (χ1v) is 7.51. The molecule has 2 N–H and O–H groups in total. The number of carbonyl (C=O) groups is 1. The van der Waals surface area contributed by atoms with E-state index in [9.17, 15) is 9.18 Å². The summed E-state index contributed by atoms with van der Waals surface area (Å²) in [6, 6.07) is 12.5. The van der Waals surface area contributed by atoms with Crippen molar-refractivity contribution in [3.8, 4) is 5.75 Å². The first-order valence-electron chi connectivity index (χ1n) is 7.51. The number of benzene rings is 2. The van der Waals surface area contributed by atoms with Crippen molar-refractivity contribution in [3.05, 3.63) is 65.0 Å². The van der Waals surface area contributed by atoms with Gasteiger partial charge in [0.25, 0.3) is 0 Å². The normalized spacial score (nSPS) is 17.6. The molecule has 0 radical (unpaired) electrons. The summed E-state index contributed by atoms with van der Waals surface area (Å²) in [5, 5.41) is 0. The number of fused-ring (bicyclic) bond motifs is 1. The van der Waals surface area contributed by atoms with Crippen LogP contribution >= 0.6 is 0 Å². The minimum atomic E-state index is -0.405. The molecule has 23 heavy (non-hydrogen) atoms. The van der Waals surface area contributed by atoms with E-state index in [0.29, 0.717) is 19.5 Å². The predicted octanol–water partition coefficient (Wildman–Crippen LogP) is 2.25. The number of ether oxygens (including phenoxy) is 1. The number of carbonyl (C=O) groups excluding carboxylic acids is 1. The highest BCUT2D eigenvalue weighted by atomic mass is 19.1. The summed E-state index contributed by atoms with van der Waals surface area (Å²) in [5.74, 6) is -0.546. The Labute approximate surface area is 134 Å². The van der Waals surface area contributed by atoms with Gasteiger partial charge in [-0.25, -0.2) is 4.39 Å². The number of amides is 1. The number of halogens is 1. The van der Waals surface area contributed by atoms with Crippen LogP contribution in [0.2, 0.25) is 0 Å². The Morgan fingerprint density at radius 3 is 2.70 bits per heavy atom. The molecule has 0 fully saturated rings. The molecule has 3 rings (SSSR count). The third-order valence-corrected chi connectivity index (χ3v) is 4.28. The second-order valence-electron chi connectivity index (χ2n) is 5.76. The summed E-state index contributed by atoms with van der Waals surface area (Å²) in [4.78, 5) is 13.8. The highest BCUT2D eigenvalue weighted by Gasteiger charge is 2.29. The van der Waals surface area contributed by atoms with E-state index < -0.39 is 5.82 Å². The van der Waals surface area contributed by atoms with Crippen molar-refractivity contribution in [1.29, 1.82) is 0 Å². The maximum absolute atomic E-state index is 13.9. The molecule has 0 spiro atoms. The van der Waals surface area contributed by atoms with Crippen molar-refractivity contribution in [1.82, 2.24) is 4.90 Å². The first-order chi connectivity index (χ1) is 11.1. The third kappa shape index (κ3) is 3.19.